The molecule has 6 heteroatoms. The van der Waals surface area contributed by atoms with Gasteiger partial charge in [0.15, 0.2) is 5.78 Å². The highest BCUT2D eigenvalue weighted by Crippen LogP contribution is 2.08. The van der Waals surface area contributed by atoms with Crippen molar-refractivity contribution in [3.05, 3.63) is 35.9 Å². The van der Waals surface area contributed by atoms with Crippen molar-refractivity contribution in [2.75, 3.05) is 6.54 Å². The van der Waals surface area contributed by atoms with Crippen LogP contribution in [-0.2, 0) is 20.8 Å². The van der Waals surface area contributed by atoms with E-state index in [0.717, 1.165) is 5.56 Å². The molecule has 0 bridgehead atoms. The van der Waals surface area contributed by atoms with Gasteiger partial charge in [0.1, 0.15) is 6.04 Å². The molecule has 0 radical (unpaired) electrons. The number of nitrogens with one attached hydrogen (secondary N) is 2. The number of benzene rings is 1. The maximum absolute atomic E-state index is 12.5. The van der Waals surface area contributed by atoms with Crippen molar-refractivity contribution >= 4 is 17.6 Å². The quantitative estimate of drug-likeness (QED) is 0.622. The van der Waals surface area contributed by atoms with Crippen LogP contribution < -0.4 is 16.4 Å². The van der Waals surface area contributed by atoms with Crippen LogP contribution in [0, 0.1) is 5.92 Å². The van der Waals surface area contributed by atoms with E-state index in [1.807, 2.05) is 44.2 Å². The first-order valence-electron chi connectivity index (χ1n) is 8.17. The Hall–Kier alpha value is -2.21. The van der Waals surface area contributed by atoms with E-state index in [-0.39, 0.29) is 30.1 Å². The van der Waals surface area contributed by atoms with E-state index in [2.05, 4.69) is 10.6 Å². The zero-order valence-corrected chi connectivity index (χ0v) is 14.5. The Morgan fingerprint density at radius 1 is 1.04 bits per heavy atom. The van der Waals surface area contributed by atoms with E-state index in [0.29, 0.717) is 12.8 Å². The van der Waals surface area contributed by atoms with Crippen LogP contribution in [0.2, 0.25) is 0 Å². The zero-order valence-electron chi connectivity index (χ0n) is 14.5. The van der Waals surface area contributed by atoms with E-state index in [9.17, 15) is 14.4 Å². The summed E-state index contributed by atoms with van der Waals surface area (Å²) in [5, 5.41) is 5.39. The Morgan fingerprint density at radius 3 is 2.17 bits per heavy atom. The molecule has 1 rings (SSSR count). The summed E-state index contributed by atoms with van der Waals surface area (Å²) in [6, 6.07) is 8.06. The number of ketones is 1. The molecule has 24 heavy (non-hydrogen) atoms. The second-order valence-corrected chi connectivity index (χ2v) is 6.30. The number of nitrogens with two attached hydrogens (primary N) is 1. The summed E-state index contributed by atoms with van der Waals surface area (Å²) in [5.74, 6) is -0.647. The molecule has 6 nitrogen and oxygen atoms in total. The van der Waals surface area contributed by atoms with Crippen LogP contribution in [0.25, 0.3) is 0 Å². The van der Waals surface area contributed by atoms with Crippen molar-refractivity contribution < 1.29 is 14.4 Å². The van der Waals surface area contributed by atoms with Crippen molar-refractivity contribution in [3.63, 3.8) is 0 Å². The average Bonchev–Trinajstić information content (AvgIpc) is 2.52. The average molecular weight is 333 g/mol. The van der Waals surface area contributed by atoms with Gasteiger partial charge in [-0.3, -0.25) is 14.4 Å². The van der Waals surface area contributed by atoms with E-state index in [1.54, 1.807) is 0 Å². The summed E-state index contributed by atoms with van der Waals surface area (Å²) in [6.45, 7) is 5.16. The van der Waals surface area contributed by atoms with E-state index in [4.69, 9.17) is 5.73 Å². The highest BCUT2D eigenvalue weighted by atomic mass is 16.2. The fourth-order valence-corrected chi connectivity index (χ4v) is 2.46. The van der Waals surface area contributed by atoms with Crippen LogP contribution >= 0.6 is 0 Å². The van der Waals surface area contributed by atoms with Gasteiger partial charge in [0.2, 0.25) is 11.8 Å². The van der Waals surface area contributed by atoms with E-state index >= 15 is 0 Å². The molecular weight excluding hydrogens is 306 g/mol. The molecule has 132 valence electrons. The van der Waals surface area contributed by atoms with Crippen molar-refractivity contribution in [1.82, 2.24) is 10.6 Å². The monoisotopic (exact) mass is 333 g/mol. The topological polar surface area (TPSA) is 101 Å². The molecule has 0 aliphatic rings. The van der Waals surface area contributed by atoms with Gasteiger partial charge in [-0.2, -0.15) is 0 Å². The lowest BCUT2D eigenvalue weighted by Crippen LogP contribution is -2.53. The van der Waals surface area contributed by atoms with Crippen molar-refractivity contribution in [2.45, 2.75) is 45.7 Å². The highest BCUT2D eigenvalue weighted by molar-refractivity contribution is 5.93. The van der Waals surface area contributed by atoms with Gasteiger partial charge in [-0.05, 0) is 24.3 Å². The lowest BCUT2D eigenvalue weighted by atomic mass is 9.99. The number of hydrogen-bond donors (Lipinski definition) is 3. The Morgan fingerprint density at radius 2 is 1.67 bits per heavy atom. The molecule has 0 saturated carbocycles. The minimum atomic E-state index is -0.701. The van der Waals surface area contributed by atoms with Crippen LogP contribution in [-0.4, -0.2) is 36.2 Å². The molecule has 0 saturated heterocycles. The fourth-order valence-electron chi connectivity index (χ4n) is 2.46. The van der Waals surface area contributed by atoms with Gasteiger partial charge >= 0.3 is 0 Å². The van der Waals surface area contributed by atoms with Crippen LogP contribution in [0.4, 0.5) is 0 Å². The number of Topliss-reactive ketones (excluding diaryl/α,β-unsaturated/α-hetero) is 1. The van der Waals surface area contributed by atoms with Crippen molar-refractivity contribution in [3.8, 4) is 0 Å². The van der Waals surface area contributed by atoms with Gasteiger partial charge < -0.3 is 16.4 Å². The molecule has 0 aliphatic heterocycles. The molecule has 0 fully saturated rings. The van der Waals surface area contributed by atoms with Crippen LogP contribution in [0.5, 0.6) is 0 Å². The Bertz CT molecular complexity index is 558. The molecule has 0 aliphatic carbocycles. The largest absolute Gasteiger partial charge is 0.345 e. The van der Waals surface area contributed by atoms with Crippen LogP contribution in [0.3, 0.4) is 0 Å². The Labute approximate surface area is 143 Å². The number of carbonyl (C=O) groups is 3. The molecule has 4 N–H and O–H groups in total. The predicted molar refractivity (Wildman–Crippen MR) is 93.2 cm³/mol. The number of rotatable bonds is 9. The summed E-state index contributed by atoms with van der Waals surface area (Å²) in [5.41, 5.74) is 6.40. The second-order valence-electron chi connectivity index (χ2n) is 6.30. The van der Waals surface area contributed by atoms with Gasteiger partial charge in [-0.25, -0.2) is 0 Å². The maximum Gasteiger partial charge on any atom is 0.243 e. The van der Waals surface area contributed by atoms with Crippen molar-refractivity contribution in [2.24, 2.45) is 11.7 Å². The summed E-state index contributed by atoms with van der Waals surface area (Å²) < 4.78 is 0. The Balaban J connectivity index is 2.84. The third kappa shape index (κ3) is 6.91. The standard InChI is InChI=1S/C18H27N3O3/c1-12(2)9-16(20-13(3)22)18(24)21-15(17(23)11-19)10-14-7-5-4-6-8-14/h4-8,12,15-16H,9-11,19H2,1-3H3,(H,20,22)(H,21,24)/t15-,16-/m1/s1. The van der Waals surface area contributed by atoms with Gasteiger partial charge in [0.25, 0.3) is 0 Å². The molecule has 1 aromatic carbocycles. The van der Waals surface area contributed by atoms with E-state index in [1.165, 1.54) is 6.92 Å². The smallest absolute Gasteiger partial charge is 0.243 e. The number of hydrogen-bond acceptors (Lipinski definition) is 4. The summed E-state index contributed by atoms with van der Waals surface area (Å²) in [6.07, 6.45) is 0.872. The van der Waals surface area contributed by atoms with Crippen LogP contribution in [0.1, 0.15) is 32.8 Å². The van der Waals surface area contributed by atoms with Gasteiger partial charge in [-0.15, -0.1) is 0 Å². The van der Waals surface area contributed by atoms with Crippen LogP contribution in [0.15, 0.2) is 30.3 Å². The molecular formula is C18H27N3O3. The third-order valence-corrected chi connectivity index (χ3v) is 3.59. The second kappa shape index (κ2) is 9.82. The molecule has 1 aromatic rings. The fraction of sp³-hybridized carbons (Fsp3) is 0.500. The summed E-state index contributed by atoms with van der Waals surface area (Å²) in [7, 11) is 0. The highest BCUT2D eigenvalue weighted by Gasteiger charge is 2.26. The normalized spacial score (nSPS) is 13.2. The van der Waals surface area contributed by atoms with Gasteiger partial charge in [0.05, 0.1) is 12.6 Å². The van der Waals surface area contributed by atoms with Gasteiger partial charge in [-0.1, -0.05) is 44.2 Å². The SMILES string of the molecule is CC(=O)N[C@H](CC(C)C)C(=O)N[C@H](Cc1ccccc1)C(=O)CN. The first-order valence-corrected chi connectivity index (χ1v) is 8.17. The summed E-state index contributed by atoms with van der Waals surface area (Å²) >= 11 is 0. The van der Waals surface area contributed by atoms with Gasteiger partial charge in [0, 0.05) is 6.92 Å². The molecule has 2 atom stereocenters. The molecule has 0 spiro atoms. The lowest BCUT2D eigenvalue weighted by Gasteiger charge is -2.23. The first-order chi connectivity index (χ1) is 11.3. The number of amides is 2. The van der Waals surface area contributed by atoms with Crippen molar-refractivity contribution in [1.29, 1.82) is 0 Å². The molecule has 0 aromatic heterocycles. The third-order valence-electron chi connectivity index (χ3n) is 3.59. The maximum atomic E-state index is 12.5. The zero-order chi connectivity index (χ0) is 18.1. The predicted octanol–water partition coefficient (Wildman–Crippen LogP) is 0.793. The minimum absolute atomic E-state index is 0.146. The Kier molecular flexibility index (Phi) is 8.12. The molecule has 0 heterocycles. The summed E-state index contributed by atoms with van der Waals surface area (Å²) in [4.78, 5) is 35.9. The molecule has 2 amide bonds. The first kappa shape index (κ1) is 19.8. The minimum Gasteiger partial charge on any atom is -0.345 e. The molecule has 0 unspecified atom stereocenters. The lowest BCUT2D eigenvalue weighted by molar-refractivity contribution is -0.131. The number of carbonyl (C=O) groups excluding carboxylic acids is 3. The van der Waals surface area contributed by atoms with E-state index < -0.39 is 12.1 Å².